The topological polar surface area (TPSA) is 203 Å². The monoisotopic (exact) mass is 679 g/mol. The number of halogens is 3. The Morgan fingerprint density at radius 1 is 1.04 bits per heavy atom. The molecular weight excluding hydrogens is 651 g/mol. The van der Waals surface area contributed by atoms with E-state index in [0.717, 1.165) is 16.3 Å². The summed E-state index contributed by atoms with van der Waals surface area (Å²) >= 11 is 0. The maximum Gasteiger partial charge on any atom is 0.490 e. The number of benzene rings is 3. The summed E-state index contributed by atoms with van der Waals surface area (Å²) in [4.78, 5) is 26.5. The number of aliphatic carboxylic acids is 1. The summed E-state index contributed by atoms with van der Waals surface area (Å²) in [6.45, 7) is 0.251. The van der Waals surface area contributed by atoms with Gasteiger partial charge >= 0.3 is 12.1 Å². The minimum Gasteiger partial charge on any atom is -0.475 e. The highest BCUT2D eigenvalue weighted by molar-refractivity contribution is 7.89. The SMILES string of the molecule is Nc1nccc2ccc(CC(C(=O)Nc3ccc(-c4ccccc4S(N)(=O)=O)cc3)N3CCCS3(=O)=O)cc12.O=C(O)C(F)(F)F. The molecule has 2 heterocycles. The molecule has 4 aromatic rings. The van der Waals surface area contributed by atoms with Gasteiger partial charge in [0.25, 0.3) is 0 Å². The number of anilines is 2. The fraction of sp³-hybridized carbons (Fsp3) is 0.207. The molecule has 1 unspecified atom stereocenters. The predicted octanol–water partition coefficient (Wildman–Crippen LogP) is 3.35. The van der Waals surface area contributed by atoms with E-state index in [1.54, 1.807) is 48.7 Å². The molecule has 1 saturated heterocycles. The van der Waals surface area contributed by atoms with Crippen molar-refractivity contribution in [2.24, 2.45) is 5.14 Å². The molecule has 0 aliphatic carbocycles. The number of carboxylic acids is 1. The van der Waals surface area contributed by atoms with Crippen LogP contribution in [0, 0.1) is 0 Å². The Balaban J connectivity index is 0.000000617. The summed E-state index contributed by atoms with van der Waals surface area (Å²) in [6, 6.07) is 19.4. The van der Waals surface area contributed by atoms with Crippen molar-refractivity contribution in [1.29, 1.82) is 0 Å². The molecule has 17 heteroatoms. The zero-order valence-corrected chi connectivity index (χ0v) is 25.4. The van der Waals surface area contributed by atoms with Crippen LogP contribution >= 0.6 is 0 Å². The van der Waals surface area contributed by atoms with Crippen LogP contribution in [0.2, 0.25) is 0 Å². The van der Waals surface area contributed by atoms with E-state index in [4.69, 9.17) is 20.8 Å². The van der Waals surface area contributed by atoms with Crippen LogP contribution in [0.3, 0.4) is 0 Å². The average Bonchev–Trinajstić information content (AvgIpc) is 3.34. The van der Waals surface area contributed by atoms with Crippen molar-refractivity contribution in [3.63, 3.8) is 0 Å². The van der Waals surface area contributed by atoms with E-state index in [9.17, 15) is 34.8 Å². The highest BCUT2D eigenvalue weighted by Gasteiger charge is 2.39. The van der Waals surface area contributed by atoms with Crippen molar-refractivity contribution in [2.75, 3.05) is 23.3 Å². The summed E-state index contributed by atoms with van der Waals surface area (Å²) in [7, 11) is -7.52. The van der Waals surface area contributed by atoms with Gasteiger partial charge in [0.15, 0.2) is 0 Å². The van der Waals surface area contributed by atoms with Crippen molar-refractivity contribution in [2.45, 2.75) is 30.0 Å². The van der Waals surface area contributed by atoms with Gasteiger partial charge in [0.1, 0.15) is 11.9 Å². The highest BCUT2D eigenvalue weighted by atomic mass is 32.2. The number of carboxylic acid groups (broad SMARTS) is 1. The van der Waals surface area contributed by atoms with Gasteiger partial charge in [-0.15, -0.1) is 0 Å². The van der Waals surface area contributed by atoms with E-state index in [1.165, 1.54) is 10.4 Å². The standard InChI is InChI=1S/C27H27N5O5S2.C2HF3O2/c28-26-23-16-18(6-7-20(23)12-13-30-26)17-24(32-14-3-15-38(32,34)35)27(33)31-21-10-8-19(9-11-21)22-4-1-2-5-25(22)39(29,36)37;3-2(4,5)1(6)7/h1-2,4-13,16,24H,3,14-15,17H2,(H2,28,30)(H,31,33)(H2,29,36,37);(H,6,7). The number of nitrogens with two attached hydrogens (primary N) is 2. The summed E-state index contributed by atoms with van der Waals surface area (Å²) < 4.78 is 82.6. The fourth-order valence-electron chi connectivity index (χ4n) is 4.83. The first kappa shape index (κ1) is 34.3. The number of primary sulfonamides is 1. The Kier molecular flexibility index (Phi) is 10.0. The summed E-state index contributed by atoms with van der Waals surface area (Å²) in [5.41, 5.74) is 8.25. The number of pyridine rings is 1. The lowest BCUT2D eigenvalue weighted by Gasteiger charge is -2.26. The molecular formula is C29H28F3N5O7S2. The van der Waals surface area contributed by atoms with Gasteiger partial charge in [-0.05, 0) is 59.7 Å². The first-order valence-electron chi connectivity index (χ1n) is 13.4. The molecule has 46 heavy (non-hydrogen) atoms. The van der Waals surface area contributed by atoms with Gasteiger partial charge in [0, 0.05) is 29.4 Å². The Morgan fingerprint density at radius 2 is 1.70 bits per heavy atom. The fourth-order valence-corrected chi connectivity index (χ4v) is 7.29. The Hall–Kier alpha value is -4.58. The van der Waals surface area contributed by atoms with Crippen molar-refractivity contribution in [1.82, 2.24) is 9.29 Å². The van der Waals surface area contributed by atoms with Gasteiger partial charge in [-0.25, -0.2) is 31.8 Å². The number of nitrogens with one attached hydrogen (secondary N) is 1. The van der Waals surface area contributed by atoms with Gasteiger partial charge in [-0.3, -0.25) is 4.79 Å². The molecule has 6 N–H and O–H groups in total. The number of hydrogen-bond donors (Lipinski definition) is 4. The van der Waals surface area contributed by atoms with Crippen LogP contribution in [-0.2, 0) is 36.1 Å². The number of hydrogen-bond acceptors (Lipinski definition) is 8. The average molecular weight is 680 g/mol. The van der Waals surface area contributed by atoms with Gasteiger partial charge in [-0.1, -0.05) is 42.5 Å². The number of sulfonamides is 2. The lowest BCUT2D eigenvalue weighted by Crippen LogP contribution is -2.46. The zero-order chi connectivity index (χ0) is 33.9. The number of nitrogen functional groups attached to an aromatic ring is 1. The molecule has 1 aliphatic rings. The van der Waals surface area contributed by atoms with Crippen LogP contribution in [0.4, 0.5) is 24.7 Å². The molecule has 1 amide bonds. The minimum absolute atomic E-state index is 0.00712. The Morgan fingerprint density at radius 3 is 2.28 bits per heavy atom. The highest BCUT2D eigenvalue weighted by Crippen LogP contribution is 2.29. The van der Waals surface area contributed by atoms with Crippen molar-refractivity contribution in [3.8, 4) is 11.1 Å². The first-order valence-corrected chi connectivity index (χ1v) is 16.6. The molecule has 244 valence electrons. The van der Waals surface area contributed by atoms with E-state index in [1.807, 2.05) is 24.3 Å². The second-order valence-corrected chi connectivity index (χ2v) is 13.7. The van der Waals surface area contributed by atoms with Crippen molar-refractivity contribution < 1.29 is 44.7 Å². The molecule has 12 nitrogen and oxygen atoms in total. The third-order valence-corrected chi connectivity index (χ3v) is 9.90. The molecule has 0 radical (unpaired) electrons. The molecule has 1 aromatic heterocycles. The third kappa shape index (κ3) is 8.16. The maximum atomic E-state index is 13.5. The molecule has 1 fully saturated rings. The molecule has 0 saturated carbocycles. The molecule has 5 rings (SSSR count). The quantitative estimate of drug-likeness (QED) is 0.226. The summed E-state index contributed by atoms with van der Waals surface area (Å²) in [6.07, 6.45) is -2.88. The van der Waals surface area contributed by atoms with Crippen LogP contribution in [0.5, 0.6) is 0 Å². The van der Waals surface area contributed by atoms with Gasteiger partial charge in [0.2, 0.25) is 26.0 Å². The zero-order valence-electron chi connectivity index (χ0n) is 23.8. The van der Waals surface area contributed by atoms with Crippen LogP contribution in [0.1, 0.15) is 12.0 Å². The Labute approximate surface area is 261 Å². The van der Waals surface area contributed by atoms with Crippen LogP contribution < -0.4 is 16.2 Å². The van der Waals surface area contributed by atoms with Gasteiger partial charge in [0.05, 0.1) is 10.6 Å². The molecule has 0 bridgehead atoms. The molecule has 0 spiro atoms. The van der Waals surface area contributed by atoms with E-state index in [2.05, 4.69) is 10.3 Å². The molecule has 1 atom stereocenters. The number of rotatable bonds is 7. The van der Waals surface area contributed by atoms with Crippen LogP contribution in [0.15, 0.2) is 83.9 Å². The number of nitrogens with zero attached hydrogens (tertiary/aromatic N) is 2. The number of alkyl halides is 3. The van der Waals surface area contributed by atoms with Crippen molar-refractivity contribution in [3.05, 3.63) is 84.6 Å². The smallest absolute Gasteiger partial charge is 0.475 e. The second-order valence-electron chi connectivity index (χ2n) is 10.2. The number of amides is 1. The van der Waals surface area contributed by atoms with Crippen LogP contribution in [-0.4, -0.2) is 67.6 Å². The predicted molar refractivity (Wildman–Crippen MR) is 164 cm³/mol. The molecule has 3 aromatic carbocycles. The number of carbonyl (C=O) groups excluding carboxylic acids is 1. The first-order chi connectivity index (χ1) is 21.5. The Bertz CT molecular complexity index is 1990. The lowest BCUT2D eigenvalue weighted by atomic mass is 10.0. The lowest BCUT2D eigenvalue weighted by molar-refractivity contribution is -0.192. The number of carbonyl (C=O) groups is 2. The molecule has 1 aliphatic heterocycles. The van der Waals surface area contributed by atoms with Crippen molar-refractivity contribution >= 4 is 54.2 Å². The largest absolute Gasteiger partial charge is 0.490 e. The van der Waals surface area contributed by atoms with Gasteiger partial charge < -0.3 is 16.2 Å². The number of fused-ring (bicyclic) bond motifs is 1. The number of aromatic nitrogens is 1. The minimum atomic E-state index is -5.08. The third-order valence-electron chi connectivity index (χ3n) is 6.98. The van der Waals surface area contributed by atoms with Crippen LogP contribution in [0.25, 0.3) is 21.9 Å². The van der Waals surface area contributed by atoms with E-state index < -0.39 is 44.1 Å². The summed E-state index contributed by atoms with van der Waals surface area (Å²) in [5.74, 6) is -2.89. The van der Waals surface area contributed by atoms with E-state index in [-0.39, 0.29) is 23.6 Å². The van der Waals surface area contributed by atoms with E-state index in [0.29, 0.717) is 29.1 Å². The van der Waals surface area contributed by atoms with Gasteiger partial charge in [-0.2, -0.15) is 17.5 Å². The second kappa shape index (κ2) is 13.4. The van der Waals surface area contributed by atoms with E-state index >= 15 is 0 Å². The normalized spacial score (nSPS) is 15.5. The maximum absolute atomic E-state index is 13.5. The summed E-state index contributed by atoms with van der Waals surface area (Å²) in [5, 5.41) is 16.9.